The number of hydrogen-bond donors (Lipinski definition) is 1. The van der Waals surface area contributed by atoms with Gasteiger partial charge in [0.25, 0.3) is 0 Å². The van der Waals surface area contributed by atoms with Crippen LogP contribution in [0.5, 0.6) is 0 Å². The third-order valence-electron chi connectivity index (χ3n) is 2.05. The molecule has 0 fully saturated rings. The van der Waals surface area contributed by atoms with Crippen molar-refractivity contribution in [3.63, 3.8) is 0 Å². The van der Waals surface area contributed by atoms with Crippen molar-refractivity contribution in [1.82, 2.24) is 4.90 Å². The molecule has 3 nitrogen and oxygen atoms in total. The topological polar surface area (TPSA) is 38.5 Å². The molecule has 1 unspecified atom stereocenters. The maximum Gasteiger partial charge on any atom is 0.0695 e. The molecule has 0 saturated carbocycles. The maximum atomic E-state index is 5.41. The second-order valence-corrected chi connectivity index (χ2v) is 3.17. The van der Waals surface area contributed by atoms with Crippen LogP contribution in [0.15, 0.2) is 0 Å². The van der Waals surface area contributed by atoms with E-state index in [1.165, 1.54) is 0 Å². The normalized spacial score (nSPS) is 13.8. The minimum atomic E-state index is 0.368. The standard InChI is InChI=1S/C9H22N2O/c1-4-9(12-3)8-11(2)7-5-6-10/h9H,4-8,10H2,1-3H3. The highest BCUT2D eigenvalue weighted by Crippen LogP contribution is 1.98. The lowest BCUT2D eigenvalue weighted by molar-refractivity contribution is 0.0690. The summed E-state index contributed by atoms with van der Waals surface area (Å²) in [4.78, 5) is 2.27. The van der Waals surface area contributed by atoms with Gasteiger partial charge < -0.3 is 15.4 Å². The van der Waals surface area contributed by atoms with Gasteiger partial charge in [-0.3, -0.25) is 0 Å². The number of nitrogens with zero attached hydrogens (tertiary/aromatic N) is 1. The van der Waals surface area contributed by atoms with E-state index in [1.807, 2.05) is 0 Å². The Labute approximate surface area is 75.9 Å². The quantitative estimate of drug-likeness (QED) is 0.617. The van der Waals surface area contributed by atoms with Crippen LogP contribution in [-0.4, -0.2) is 44.8 Å². The lowest BCUT2D eigenvalue weighted by Crippen LogP contribution is -2.31. The van der Waals surface area contributed by atoms with Crippen molar-refractivity contribution in [1.29, 1.82) is 0 Å². The van der Waals surface area contributed by atoms with E-state index in [1.54, 1.807) is 7.11 Å². The molecular weight excluding hydrogens is 152 g/mol. The molecule has 0 spiro atoms. The Morgan fingerprint density at radius 2 is 2.17 bits per heavy atom. The molecule has 0 saturated heterocycles. The van der Waals surface area contributed by atoms with Crippen LogP contribution in [0.2, 0.25) is 0 Å². The fourth-order valence-corrected chi connectivity index (χ4v) is 1.17. The lowest BCUT2D eigenvalue weighted by Gasteiger charge is -2.21. The third kappa shape index (κ3) is 5.52. The van der Waals surface area contributed by atoms with Gasteiger partial charge in [-0.25, -0.2) is 0 Å². The SMILES string of the molecule is CCC(CN(C)CCCN)OC. The first-order valence-corrected chi connectivity index (χ1v) is 4.66. The summed E-state index contributed by atoms with van der Waals surface area (Å²) in [6.45, 7) is 4.99. The summed E-state index contributed by atoms with van der Waals surface area (Å²) in [6, 6.07) is 0. The number of likely N-dealkylation sites (N-methyl/N-ethyl adjacent to an activating group) is 1. The van der Waals surface area contributed by atoms with Crippen LogP contribution in [0, 0.1) is 0 Å². The van der Waals surface area contributed by atoms with Crippen molar-refractivity contribution in [3.8, 4) is 0 Å². The van der Waals surface area contributed by atoms with Crippen molar-refractivity contribution < 1.29 is 4.74 Å². The van der Waals surface area contributed by atoms with Crippen molar-refractivity contribution >= 4 is 0 Å². The van der Waals surface area contributed by atoms with Crippen LogP contribution in [0.25, 0.3) is 0 Å². The number of methoxy groups -OCH3 is 1. The fourth-order valence-electron chi connectivity index (χ4n) is 1.17. The highest BCUT2D eigenvalue weighted by atomic mass is 16.5. The first-order chi connectivity index (χ1) is 5.74. The van der Waals surface area contributed by atoms with Crippen molar-refractivity contribution in [2.75, 3.05) is 33.8 Å². The molecule has 0 heterocycles. The lowest BCUT2D eigenvalue weighted by atomic mass is 10.2. The second-order valence-electron chi connectivity index (χ2n) is 3.17. The molecule has 0 aliphatic rings. The van der Waals surface area contributed by atoms with Gasteiger partial charge in [-0.1, -0.05) is 6.92 Å². The Kier molecular flexibility index (Phi) is 7.45. The molecule has 0 aromatic heterocycles. The Balaban J connectivity index is 3.44. The molecule has 0 aliphatic heterocycles. The van der Waals surface area contributed by atoms with Crippen LogP contribution in [0.3, 0.4) is 0 Å². The van der Waals surface area contributed by atoms with Gasteiger partial charge in [0.2, 0.25) is 0 Å². The van der Waals surface area contributed by atoms with Crippen LogP contribution >= 0.6 is 0 Å². The Hall–Kier alpha value is -0.120. The van der Waals surface area contributed by atoms with E-state index in [2.05, 4.69) is 18.9 Å². The van der Waals surface area contributed by atoms with E-state index < -0.39 is 0 Å². The van der Waals surface area contributed by atoms with Crippen LogP contribution < -0.4 is 5.73 Å². The highest BCUT2D eigenvalue weighted by molar-refractivity contribution is 4.61. The number of rotatable bonds is 7. The zero-order valence-corrected chi connectivity index (χ0v) is 8.55. The molecule has 12 heavy (non-hydrogen) atoms. The molecule has 0 amide bonds. The molecule has 0 aromatic carbocycles. The number of ether oxygens (including phenoxy) is 1. The summed E-state index contributed by atoms with van der Waals surface area (Å²) < 4.78 is 5.28. The number of nitrogens with two attached hydrogens (primary N) is 1. The monoisotopic (exact) mass is 174 g/mol. The van der Waals surface area contributed by atoms with Crippen LogP contribution in [-0.2, 0) is 4.74 Å². The van der Waals surface area contributed by atoms with E-state index in [9.17, 15) is 0 Å². The summed E-state index contributed by atoms with van der Waals surface area (Å²) >= 11 is 0. The molecule has 1 atom stereocenters. The molecule has 2 N–H and O–H groups in total. The first-order valence-electron chi connectivity index (χ1n) is 4.66. The van der Waals surface area contributed by atoms with E-state index >= 15 is 0 Å². The zero-order valence-electron chi connectivity index (χ0n) is 8.55. The molecule has 3 heteroatoms. The number of hydrogen-bond acceptors (Lipinski definition) is 3. The molecule has 0 aromatic rings. The maximum absolute atomic E-state index is 5.41. The van der Waals surface area contributed by atoms with E-state index in [-0.39, 0.29) is 0 Å². The van der Waals surface area contributed by atoms with Crippen molar-refractivity contribution in [2.45, 2.75) is 25.9 Å². The minimum absolute atomic E-state index is 0.368. The predicted molar refractivity (Wildman–Crippen MR) is 52.3 cm³/mol. The Morgan fingerprint density at radius 3 is 2.58 bits per heavy atom. The van der Waals surface area contributed by atoms with Crippen LogP contribution in [0.4, 0.5) is 0 Å². The average molecular weight is 174 g/mol. The molecule has 0 rings (SSSR count). The molecule has 0 radical (unpaired) electrons. The fraction of sp³-hybridized carbons (Fsp3) is 1.00. The van der Waals surface area contributed by atoms with E-state index in [0.717, 1.165) is 32.5 Å². The van der Waals surface area contributed by atoms with E-state index in [0.29, 0.717) is 6.10 Å². The van der Waals surface area contributed by atoms with E-state index in [4.69, 9.17) is 10.5 Å². The smallest absolute Gasteiger partial charge is 0.0695 e. The van der Waals surface area contributed by atoms with Gasteiger partial charge in [0.05, 0.1) is 6.10 Å². The summed E-state index contributed by atoms with van der Waals surface area (Å²) in [5.74, 6) is 0. The van der Waals surface area contributed by atoms with Crippen molar-refractivity contribution in [3.05, 3.63) is 0 Å². The van der Waals surface area contributed by atoms with Gasteiger partial charge in [0.15, 0.2) is 0 Å². The third-order valence-corrected chi connectivity index (χ3v) is 2.05. The summed E-state index contributed by atoms with van der Waals surface area (Å²) in [7, 11) is 3.88. The van der Waals surface area contributed by atoms with Gasteiger partial charge in [-0.15, -0.1) is 0 Å². The summed E-state index contributed by atoms with van der Waals surface area (Å²) in [5.41, 5.74) is 5.41. The highest BCUT2D eigenvalue weighted by Gasteiger charge is 2.06. The minimum Gasteiger partial charge on any atom is -0.380 e. The largest absolute Gasteiger partial charge is 0.380 e. The van der Waals surface area contributed by atoms with Gasteiger partial charge >= 0.3 is 0 Å². The Bertz CT molecular complexity index is 94.5. The Morgan fingerprint density at radius 1 is 1.50 bits per heavy atom. The molecular formula is C9H22N2O. The van der Waals surface area contributed by atoms with Gasteiger partial charge in [-0.05, 0) is 33.0 Å². The van der Waals surface area contributed by atoms with Crippen molar-refractivity contribution in [2.24, 2.45) is 5.73 Å². The van der Waals surface area contributed by atoms with Crippen LogP contribution in [0.1, 0.15) is 19.8 Å². The first kappa shape index (κ1) is 11.9. The zero-order chi connectivity index (χ0) is 9.40. The average Bonchev–Trinajstić information content (AvgIpc) is 2.10. The molecule has 74 valence electrons. The van der Waals surface area contributed by atoms with Gasteiger partial charge in [0.1, 0.15) is 0 Å². The molecule has 0 bridgehead atoms. The molecule has 0 aliphatic carbocycles. The predicted octanol–water partition coefficient (Wildman–Crippen LogP) is 0.692. The second kappa shape index (κ2) is 7.53. The van der Waals surface area contributed by atoms with Gasteiger partial charge in [-0.2, -0.15) is 0 Å². The van der Waals surface area contributed by atoms with Gasteiger partial charge in [0, 0.05) is 13.7 Å². The summed E-state index contributed by atoms with van der Waals surface area (Å²) in [5, 5.41) is 0. The summed E-state index contributed by atoms with van der Waals surface area (Å²) in [6.07, 6.45) is 2.51.